The zero-order valence-electron chi connectivity index (χ0n) is 11.7. The molecule has 0 spiro atoms. The molecule has 0 unspecified atom stereocenters. The minimum absolute atomic E-state index is 0.160. The minimum Gasteiger partial charge on any atom is -0.366 e. The van der Waals surface area contributed by atoms with Gasteiger partial charge in [0.25, 0.3) is 5.91 Å². The van der Waals surface area contributed by atoms with E-state index in [-0.39, 0.29) is 24.8 Å². The number of hydrogen-bond acceptors (Lipinski definition) is 4. The summed E-state index contributed by atoms with van der Waals surface area (Å²) in [6.45, 7) is 0.250. The summed E-state index contributed by atoms with van der Waals surface area (Å²) in [5, 5.41) is 8.91. The summed E-state index contributed by atoms with van der Waals surface area (Å²) in [6, 6.07) is 8.00. The lowest BCUT2D eigenvalue weighted by Gasteiger charge is -2.06. The molecule has 1 aromatic heterocycles. The maximum Gasteiger partial charge on any atom is 0.252 e. The number of rotatable bonds is 6. The van der Waals surface area contributed by atoms with E-state index in [9.17, 15) is 14.4 Å². The first-order valence-corrected chi connectivity index (χ1v) is 7.50. The Bertz CT molecular complexity index is 666. The Morgan fingerprint density at radius 2 is 1.77 bits per heavy atom. The van der Waals surface area contributed by atoms with Gasteiger partial charge in [0.2, 0.25) is 11.8 Å². The first-order valence-electron chi connectivity index (χ1n) is 6.56. The lowest BCUT2D eigenvalue weighted by Crippen LogP contribution is -2.27. The quantitative estimate of drug-likeness (QED) is 0.754. The van der Waals surface area contributed by atoms with Crippen LogP contribution in [0.15, 0.2) is 41.1 Å². The van der Waals surface area contributed by atoms with E-state index in [0.29, 0.717) is 16.8 Å². The Kier molecular flexibility index (Phi) is 5.26. The predicted octanol–water partition coefficient (Wildman–Crippen LogP) is 1.61. The molecule has 3 amide bonds. The van der Waals surface area contributed by atoms with E-state index in [4.69, 9.17) is 5.73 Å². The summed E-state index contributed by atoms with van der Waals surface area (Å²) in [4.78, 5) is 34.3. The van der Waals surface area contributed by atoms with Gasteiger partial charge in [0.15, 0.2) is 0 Å². The lowest BCUT2D eigenvalue weighted by molar-refractivity contribution is -0.116. The molecule has 1 aromatic carbocycles. The van der Waals surface area contributed by atoms with E-state index in [0.717, 1.165) is 0 Å². The maximum atomic E-state index is 11.7. The van der Waals surface area contributed by atoms with Gasteiger partial charge in [-0.1, -0.05) is 0 Å². The fraction of sp³-hybridized carbons (Fsp3) is 0.133. The fourth-order valence-electron chi connectivity index (χ4n) is 1.73. The van der Waals surface area contributed by atoms with Crippen molar-refractivity contribution in [3.05, 3.63) is 52.2 Å². The Morgan fingerprint density at radius 1 is 1.05 bits per heavy atom. The number of hydrogen-bond donors (Lipinski definition) is 3. The Morgan fingerprint density at radius 3 is 2.36 bits per heavy atom. The van der Waals surface area contributed by atoms with Crippen molar-refractivity contribution in [3.63, 3.8) is 0 Å². The number of amides is 3. The summed E-state index contributed by atoms with van der Waals surface area (Å²) in [5.41, 5.74) is 6.67. The Labute approximate surface area is 131 Å². The van der Waals surface area contributed by atoms with Crippen LogP contribution in [0.3, 0.4) is 0 Å². The third kappa shape index (κ3) is 4.42. The summed E-state index contributed by atoms with van der Waals surface area (Å²) in [5.74, 6) is -0.939. The molecule has 4 N–H and O–H groups in total. The number of thiophene rings is 1. The number of nitrogens with two attached hydrogens (primary N) is 1. The van der Waals surface area contributed by atoms with Crippen LogP contribution in [0.1, 0.15) is 27.1 Å². The van der Waals surface area contributed by atoms with E-state index in [1.54, 1.807) is 23.6 Å². The highest BCUT2D eigenvalue weighted by Crippen LogP contribution is 2.09. The van der Waals surface area contributed by atoms with E-state index in [1.807, 2.05) is 5.38 Å². The molecule has 0 saturated heterocycles. The highest BCUT2D eigenvalue weighted by Gasteiger charge is 2.07. The molecule has 0 aliphatic heterocycles. The standard InChI is InChI=1S/C15H15N3O3S/c16-14(20)10-1-3-12(4-2-10)18-13(19)5-7-17-15(21)11-6-8-22-9-11/h1-4,6,8-9H,5,7H2,(H2,16,20)(H,17,21)(H,18,19). The van der Waals surface area contributed by atoms with Crippen LogP contribution >= 0.6 is 11.3 Å². The van der Waals surface area contributed by atoms with Gasteiger partial charge in [-0.05, 0) is 35.7 Å². The summed E-state index contributed by atoms with van der Waals surface area (Å²) in [7, 11) is 0. The van der Waals surface area contributed by atoms with Crippen LogP contribution < -0.4 is 16.4 Å². The van der Waals surface area contributed by atoms with Crippen molar-refractivity contribution in [2.24, 2.45) is 5.73 Å². The summed E-state index contributed by atoms with van der Waals surface area (Å²) < 4.78 is 0. The van der Waals surface area contributed by atoms with Crippen LogP contribution in [0.4, 0.5) is 5.69 Å². The molecule has 22 heavy (non-hydrogen) atoms. The van der Waals surface area contributed by atoms with Crippen LogP contribution in [0, 0.1) is 0 Å². The molecule has 0 saturated carbocycles. The first kappa shape index (κ1) is 15.7. The molecule has 6 nitrogen and oxygen atoms in total. The largest absolute Gasteiger partial charge is 0.366 e. The van der Waals surface area contributed by atoms with Crippen LogP contribution in [0.5, 0.6) is 0 Å². The summed E-state index contributed by atoms with van der Waals surface area (Å²) >= 11 is 1.44. The molecule has 0 radical (unpaired) electrons. The molecule has 1 heterocycles. The molecule has 0 fully saturated rings. The van der Waals surface area contributed by atoms with E-state index in [1.165, 1.54) is 23.5 Å². The van der Waals surface area contributed by atoms with Gasteiger partial charge in [-0.25, -0.2) is 0 Å². The second kappa shape index (κ2) is 7.37. The monoisotopic (exact) mass is 317 g/mol. The second-order valence-corrected chi connectivity index (χ2v) is 5.29. The maximum absolute atomic E-state index is 11.7. The SMILES string of the molecule is NC(=O)c1ccc(NC(=O)CCNC(=O)c2ccsc2)cc1. The number of anilines is 1. The Balaban J connectivity index is 1.76. The zero-order valence-corrected chi connectivity index (χ0v) is 12.5. The van der Waals surface area contributed by atoms with Gasteiger partial charge in [-0.15, -0.1) is 0 Å². The highest BCUT2D eigenvalue weighted by atomic mass is 32.1. The van der Waals surface area contributed by atoms with Gasteiger partial charge in [0.05, 0.1) is 0 Å². The topological polar surface area (TPSA) is 101 Å². The van der Waals surface area contributed by atoms with E-state index < -0.39 is 5.91 Å². The van der Waals surface area contributed by atoms with Crippen molar-refractivity contribution in [1.29, 1.82) is 0 Å². The number of nitrogens with one attached hydrogen (secondary N) is 2. The van der Waals surface area contributed by atoms with E-state index in [2.05, 4.69) is 10.6 Å². The average molecular weight is 317 g/mol. The van der Waals surface area contributed by atoms with Crippen LogP contribution in [-0.4, -0.2) is 24.3 Å². The smallest absolute Gasteiger partial charge is 0.252 e. The van der Waals surface area contributed by atoms with Gasteiger partial charge in [0.1, 0.15) is 0 Å². The second-order valence-electron chi connectivity index (χ2n) is 4.51. The van der Waals surface area contributed by atoms with Gasteiger partial charge in [-0.2, -0.15) is 11.3 Å². The predicted molar refractivity (Wildman–Crippen MR) is 84.9 cm³/mol. The number of carbonyl (C=O) groups is 3. The Hall–Kier alpha value is -2.67. The lowest BCUT2D eigenvalue weighted by atomic mass is 10.2. The van der Waals surface area contributed by atoms with Crippen LogP contribution in [0.25, 0.3) is 0 Å². The molecular formula is C15H15N3O3S. The van der Waals surface area contributed by atoms with Gasteiger partial charge >= 0.3 is 0 Å². The zero-order chi connectivity index (χ0) is 15.9. The van der Waals surface area contributed by atoms with Crippen molar-refractivity contribution >= 4 is 34.7 Å². The number of carbonyl (C=O) groups excluding carboxylic acids is 3. The molecule has 2 rings (SSSR count). The molecule has 114 valence electrons. The minimum atomic E-state index is -0.519. The van der Waals surface area contributed by atoms with Crippen molar-refractivity contribution in [3.8, 4) is 0 Å². The van der Waals surface area contributed by atoms with Crippen LogP contribution in [-0.2, 0) is 4.79 Å². The molecular weight excluding hydrogens is 302 g/mol. The highest BCUT2D eigenvalue weighted by molar-refractivity contribution is 7.08. The third-order valence-electron chi connectivity index (χ3n) is 2.87. The van der Waals surface area contributed by atoms with Gasteiger partial charge in [-0.3, -0.25) is 14.4 Å². The molecule has 0 aliphatic rings. The fourth-order valence-corrected chi connectivity index (χ4v) is 2.36. The number of benzene rings is 1. The normalized spacial score (nSPS) is 10.0. The number of primary amides is 1. The van der Waals surface area contributed by atoms with Gasteiger partial charge in [0, 0.05) is 35.2 Å². The average Bonchev–Trinajstić information content (AvgIpc) is 3.02. The molecule has 0 bridgehead atoms. The third-order valence-corrected chi connectivity index (χ3v) is 3.56. The first-order chi connectivity index (χ1) is 10.6. The van der Waals surface area contributed by atoms with Crippen molar-refractivity contribution < 1.29 is 14.4 Å². The van der Waals surface area contributed by atoms with Crippen molar-refractivity contribution in [2.45, 2.75) is 6.42 Å². The molecule has 0 atom stereocenters. The molecule has 7 heteroatoms. The van der Waals surface area contributed by atoms with Crippen LogP contribution in [0.2, 0.25) is 0 Å². The molecule has 2 aromatic rings. The van der Waals surface area contributed by atoms with E-state index >= 15 is 0 Å². The van der Waals surface area contributed by atoms with Crippen molar-refractivity contribution in [1.82, 2.24) is 5.32 Å². The molecule has 0 aliphatic carbocycles. The van der Waals surface area contributed by atoms with Crippen molar-refractivity contribution in [2.75, 3.05) is 11.9 Å². The summed E-state index contributed by atoms with van der Waals surface area (Å²) in [6.07, 6.45) is 0.160. The van der Waals surface area contributed by atoms with Gasteiger partial charge < -0.3 is 16.4 Å².